The number of pyridine rings is 1. The number of benzene rings is 1. The normalized spacial score (nSPS) is 14.8. The van der Waals surface area contributed by atoms with Gasteiger partial charge in [0.25, 0.3) is 0 Å². The highest BCUT2D eigenvalue weighted by Crippen LogP contribution is 2.26. The molecule has 4 rings (SSSR count). The Kier molecular flexibility index (Phi) is 5.29. The van der Waals surface area contributed by atoms with E-state index in [-0.39, 0.29) is 0 Å². The minimum absolute atomic E-state index is 0.624. The molecule has 0 saturated carbocycles. The predicted octanol–water partition coefficient (Wildman–Crippen LogP) is 3.42. The van der Waals surface area contributed by atoms with Gasteiger partial charge in [-0.2, -0.15) is 10.4 Å². The highest BCUT2D eigenvalue weighted by atomic mass is 35.5. The molecule has 3 aromatic rings. The fourth-order valence-corrected chi connectivity index (χ4v) is 3.86. The van der Waals surface area contributed by atoms with Crippen LogP contribution in [0.15, 0.2) is 48.7 Å². The van der Waals surface area contributed by atoms with Gasteiger partial charge in [-0.1, -0.05) is 29.8 Å². The van der Waals surface area contributed by atoms with Crippen LogP contribution in [0.4, 0.5) is 5.82 Å². The molecular weight excluding hydrogens is 372 g/mol. The van der Waals surface area contributed by atoms with Crippen LogP contribution in [0.3, 0.4) is 0 Å². The monoisotopic (exact) mass is 392 g/mol. The molecule has 1 aliphatic heterocycles. The number of halogens is 1. The minimum Gasteiger partial charge on any atom is -0.353 e. The number of piperazine rings is 1. The van der Waals surface area contributed by atoms with Crippen molar-refractivity contribution in [2.45, 2.75) is 13.5 Å². The van der Waals surface area contributed by atoms with E-state index in [4.69, 9.17) is 11.6 Å². The predicted molar refractivity (Wildman–Crippen MR) is 110 cm³/mol. The zero-order chi connectivity index (χ0) is 19.5. The number of aryl methyl sites for hydroxylation is 1. The summed E-state index contributed by atoms with van der Waals surface area (Å²) in [7, 11) is 0. The molecule has 0 atom stereocenters. The van der Waals surface area contributed by atoms with Gasteiger partial charge in [0.05, 0.1) is 16.9 Å². The molecule has 0 N–H and O–H groups in total. The van der Waals surface area contributed by atoms with E-state index in [1.165, 1.54) is 0 Å². The van der Waals surface area contributed by atoms with Gasteiger partial charge in [-0.15, -0.1) is 0 Å². The minimum atomic E-state index is 0.624. The average Bonchev–Trinajstić information content (AvgIpc) is 3.03. The Bertz CT molecular complexity index is 999. The Morgan fingerprint density at radius 1 is 1.07 bits per heavy atom. The number of aromatic nitrogens is 3. The lowest BCUT2D eigenvalue weighted by Gasteiger charge is -2.35. The summed E-state index contributed by atoms with van der Waals surface area (Å²) >= 11 is 6.66. The lowest BCUT2D eigenvalue weighted by atomic mass is 10.2. The Balaban J connectivity index is 1.46. The molecule has 7 heteroatoms. The lowest BCUT2D eigenvalue weighted by Crippen LogP contribution is -2.46. The molecular formula is C21H21ClN6. The topological polar surface area (TPSA) is 61.0 Å². The molecule has 0 unspecified atom stereocenters. The van der Waals surface area contributed by atoms with E-state index in [2.05, 4.69) is 26.0 Å². The fraction of sp³-hybridized carbons (Fsp3) is 0.286. The molecule has 1 saturated heterocycles. The third-order valence-corrected chi connectivity index (χ3v) is 5.47. The number of rotatable bonds is 4. The van der Waals surface area contributed by atoms with Gasteiger partial charge in [0.2, 0.25) is 0 Å². The standard InChI is InChI=1S/C21H21ClN6/c1-16-19(20(22)28(25-16)18-7-3-2-4-8-18)15-26-10-12-27(13-11-26)21-17(14-23)6-5-9-24-21/h2-9H,10-13,15H2,1H3. The summed E-state index contributed by atoms with van der Waals surface area (Å²) in [5.74, 6) is 0.774. The SMILES string of the molecule is Cc1nn(-c2ccccc2)c(Cl)c1CN1CCN(c2ncccc2C#N)CC1. The van der Waals surface area contributed by atoms with Crippen LogP contribution in [0, 0.1) is 18.3 Å². The largest absolute Gasteiger partial charge is 0.353 e. The number of nitriles is 1. The molecule has 6 nitrogen and oxygen atoms in total. The van der Waals surface area contributed by atoms with E-state index in [1.807, 2.05) is 43.3 Å². The van der Waals surface area contributed by atoms with E-state index >= 15 is 0 Å². The maximum Gasteiger partial charge on any atom is 0.146 e. The van der Waals surface area contributed by atoms with E-state index < -0.39 is 0 Å². The highest BCUT2D eigenvalue weighted by molar-refractivity contribution is 6.30. The maximum absolute atomic E-state index is 9.30. The van der Waals surface area contributed by atoms with E-state index in [9.17, 15) is 5.26 Å². The first-order chi connectivity index (χ1) is 13.7. The molecule has 1 aromatic carbocycles. The van der Waals surface area contributed by atoms with Gasteiger partial charge in [0.15, 0.2) is 0 Å². The summed E-state index contributed by atoms with van der Waals surface area (Å²) in [5, 5.41) is 14.6. The maximum atomic E-state index is 9.30. The molecule has 2 aromatic heterocycles. The van der Waals surface area contributed by atoms with Crippen LogP contribution in [0.5, 0.6) is 0 Å². The van der Waals surface area contributed by atoms with Crippen LogP contribution < -0.4 is 4.90 Å². The number of hydrogen-bond acceptors (Lipinski definition) is 5. The molecule has 28 heavy (non-hydrogen) atoms. The van der Waals surface area contributed by atoms with Crippen molar-refractivity contribution < 1.29 is 0 Å². The van der Waals surface area contributed by atoms with Crippen LogP contribution in [0.25, 0.3) is 5.69 Å². The Labute approximate surface area is 169 Å². The third-order valence-electron chi connectivity index (χ3n) is 5.08. The van der Waals surface area contributed by atoms with Crippen LogP contribution >= 0.6 is 11.6 Å². The van der Waals surface area contributed by atoms with Crippen LogP contribution in [-0.2, 0) is 6.54 Å². The van der Waals surface area contributed by atoms with Crippen LogP contribution in [-0.4, -0.2) is 45.8 Å². The first-order valence-electron chi connectivity index (χ1n) is 9.29. The van der Waals surface area contributed by atoms with Crippen molar-refractivity contribution in [3.63, 3.8) is 0 Å². The Hall–Kier alpha value is -2.88. The number of para-hydroxylation sites is 1. The first kappa shape index (κ1) is 18.5. The second-order valence-corrected chi connectivity index (χ2v) is 7.21. The van der Waals surface area contributed by atoms with E-state index in [1.54, 1.807) is 16.9 Å². The van der Waals surface area contributed by atoms with Gasteiger partial charge in [-0.25, -0.2) is 9.67 Å². The lowest BCUT2D eigenvalue weighted by molar-refractivity contribution is 0.249. The molecule has 3 heterocycles. The molecule has 0 amide bonds. The van der Waals surface area contributed by atoms with Gasteiger partial charge < -0.3 is 4.90 Å². The summed E-state index contributed by atoms with van der Waals surface area (Å²) < 4.78 is 1.80. The molecule has 1 fully saturated rings. The second-order valence-electron chi connectivity index (χ2n) is 6.85. The van der Waals surface area contributed by atoms with Crippen LogP contribution in [0.1, 0.15) is 16.8 Å². The summed E-state index contributed by atoms with van der Waals surface area (Å²) in [5.41, 5.74) is 3.60. The van der Waals surface area contributed by atoms with E-state index in [0.717, 1.165) is 55.5 Å². The van der Waals surface area contributed by atoms with Gasteiger partial charge in [-0.05, 0) is 31.2 Å². The van der Waals surface area contributed by atoms with Crippen LogP contribution in [0.2, 0.25) is 5.15 Å². The van der Waals surface area contributed by atoms with Crippen molar-refractivity contribution in [1.29, 1.82) is 5.26 Å². The summed E-state index contributed by atoms with van der Waals surface area (Å²) in [6, 6.07) is 15.8. The van der Waals surface area contributed by atoms with Crippen molar-refractivity contribution in [3.8, 4) is 11.8 Å². The van der Waals surface area contributed by atoms with Gasteiger partial charge >= 0.3 is 0 Å². The fourth-order valence-electron chi connectivity index (χ4n) is 3.53. The molecule has 142 valence electrons. The van der Waals surface area contributed by atoms with Crippen molar-refractivity contribution in [3.05, 3.63) is 70.6 Å². The average molecular weight is 393 g/mol. The van der Waals surface area contributed by atoms with E-state index in [0.29, 0.717) is 10.7 Å². The first-order valence-corrected chi connectivity index (χ1v) is 9.67. The second kappa shape index (κ2) is 8.01. The zero-order valence-corrected chi connectivity index (χ0v) is 16.5. The summed E-state index contributed by atoms with van der Waals surface area (Å²) in [6.07, 6.45) is 1.74. The number of nitrogens with zero attached hydrogens (tertiary/aromatic N) is 6. The Morgan fingerprint density at radius 2 is 1.82 bits per heavy atom. The highest BCUT2D eigenvalue weighted by Gasteiger charge is 2.23. The molecule has 0 bridgehead atoms. The molecule has 0 spiro atoms. The summed E-state index contributed by atoms with van der Waals surface area (Å²) in [4.78, 5) is 8.95. The smallest absolute Gasteiger partial charge is 0.146 e. The van der Waals surface area contributed by atoms with Crippen molar-refractivity contribution >= 4 is 17.4 Å². The number of anilines is 1. The van der Waals surface area contributed by atoms with Gasteiger partial charge in [0, 0.05) is 44.5 Å². The van der Waals surface area contributed by atoms with Gasteiger partial charge in [-0.3, -0.25) is 4.90 Å². The van der Waals surface area contributed by atoms with Crippen molar-refractivity contribution in [1.82, 2.24) is 19.7 Å². The van der Waals surface area contributed by atoms with Crippen molar-refractivity contribution in [2.24, 2.45) is 0 Å². The summed E-state index contributed by atoms with van der Waals surface area (Å²) in [6.45, 7) is 6.19. The Morgan fingerprint density at radius 3 is 2.54 bits per heavy atom. The van der Waals surface area contributed by atoms with Gasteiger partial charge in [0.1, 0.15) is 17.0 Å². The molecule has 0 aliphatic carbocycles. The third kappa shape index (κ3) is 3.59. The molecule has 1 aliphatic rings. The quantitative estimate of drug-likeness (QED) is 0.680. The van der Waals surface area contributed by atoms with Crippen molar-refractivity contribution in [2.75, 3.05) is 31.1 Å². The zero-order valence-electron chi connectivity index (χ0n) is 15.7. The molecule has 0 radical (unpaired) electrons. The number of hydrogen-bond donors (Lipinski definition) is 0.